The lowest BCUT2D eigenvalue weighted by atomic mass is 9.98. The maximum atomic E-state index is 13.3. The third-order valence-corrected chi connectivity index (χ3v) is 7.17. The maximum Gasteiger partial charge on any atom is 0.323 e. The van der Waals surface area contributed by atoms with E-state index in [1.165, 1.54) is 0 Å². The number of morpholine rings is 1. The Labute approximate surface area is 222 Å². The topological polar surface area (TPSA) is 85.9 Å². The molecular formula is C26H33Cl2N5O3. The molecule has 0 unspecified atom stereocenters. The summed E-state index contributed by atoms with van der Waals surface area (Å²) in [6.07, 6.45) is 2.17. The number of hydrogen-bond donors (Lipinski definition) is 3. The molecule has 0 saturated carbocycles. The Morgan fingerprint density at radius 3 is 2.47 bits per heavy atom. The summed E-state index contributed by atoms with van der Waals surface area (Å²) in [6.45, 7) is 8.57. The number of amides is 3. The van der Waals surface area contributed by atoms with Gasteiger partial charge in [-0.1, -0.05) is 30.1 Å². The van der Waals surface area contributed by atoms with Crippen molar-refractivity contribution in [2.45, 2.75) is 19.8 Å². The number of nitrogens with zero attached hydrogens (tertiary/aromatic N) is 2. The second kappa shape index (κ2) is 12.6. The van der Waals surface area contributed by atoms with Crippen LogP contribution in [-0.4, -0.2) is 69.3 Å². The van der Waals surface area contributed by atoms with Gasteiger partial charge in [0.05, 0.1) is 29.5 Å². The molecule has 3 N–H and O–H groups in total. The Balaban J connectivity index is 1.46. The predicted octanol–water partition coefficient (Wildman–Crippen LogP) is 4.94. The van der Waals surface area contributed by atoms with Crippen LogP contribution in [0.5, 0.6) is 0 Å². The van der Waals surface area contributed by atoms with Crippen molar-refractivity contribution in [2.24, 2.45) is 5.92 Å². The minimum absolute atomic E-state index is 0.151. The first-order chi connectivity index (χ1) is 17.4. The molecule has 0 aromatic heterocycles. The molecule has 2 fully saturated rings. The molecule has 2 aromatic carbocycles. The molecule has 2 aliphatic rings. The van der Waals surface area contributed by atoms with Crippen LogP contribution in [0, 0.1) is 5.92 Å². The zero-order valence-corrected chi connectivity index (χ0v) is 22.0. The van der Waals surface area contributed by atoms with Gasteiger partial charge < -0.3 is 25.6 Å². The molecule has 194 valence electrons. The Morgan fingerprint density at radius 1 is 1.00 bits per heavy atom. The number of halogens is 2. The molecule has 0 radical (unpaired) electrons. The fourth-order valence-electron chi connectivity index (χ4n) is 4.44. The van der Waals surface area contributed by atoms with Crippen molar-refractivity contribution in [2.75, 3.05) is 68.0 Å². The first kappa shape index (κ1) is 26.5. The monoisotopic (exact) mass is 533 g/mol. The van der Waals surface area contributed by atoms with Gasteiger partial charge in [-0.05, 0) is 55.2 Å². The standard InChI is InChI=1S/C26H33Cl2N5O3/c1-18-6-9-33(10-7-18)24-5-3-20(30-26(35)31-23-4-2-19(27)16-22(23)28)17-21(24)25(34)29-8-11-32-12-14-36-15-13-32/h2-5,16-18H,6-15H2,1H3,(H,29,34)(H2,30,31,35). The van der Waals surface area contributed by atoms with Crippen molar-refractivity contribution < 1.29 is 14.3 Å². The summed E-state index contributed by atoms with van der Waals surface area (Å²) in [6, 6.07) is 9.86. The van der Waals surface area contributed by atoms with Crippen molar-refractivity contribution in [3.8, 4) is 0 Å². The van der Waals surface area contributed by atoms with Gasteiger partial charge in [0.1, 0.15) is 0 Å². The van der Waals surface area contributed by atoms with Crippen LogP contribution in [0.2, 0.25) is 10.0 Å². The molecule has 36 heavy (non-hydrogen) atoms. The largest absolute Gasteiger partial charge is 0.379 e. The summed E-state index contributed by atoms with van der Waals surface area (Å²) in [5.74, 6) is 0.526. The molecule has 0 bridgehead atoms. The number of anilines is 3. The molecule has 8 nitrogen and oxygen atoms in total. The van der Waals surface area contributed by atoms with Crippen LogP contribution in [0.1, 0.15) is 30.1 Å². The van der Waals surface area contributed by atoms with Gasteiger partial charge in [0, 0.05) is 55.7 Å². The second-order valence-electron chi connectivity index (χ2n) is 9.31. The second-order valence-corrected chi connectivity index (χ2v) is 10.2. The van der Waals surface area contributed by atoms with E-state index in [-0.39, 0.29) is 5.91 Å². The molecular weight excluding hydrogens is 501 g/mol. The summed E-state index contributed by atoms with van der Waals surface area (Å²) in [5.41, 5.74) is 2.40. The van der Waals surface area contributed by atoms with E-state index < -0.39 is 6.03 Å². The van der Waals surface area contributed by atoms with Gasteiger partial charge in [-0.3, -0.25) is 9.69 Å². The van der Waals surface area contributed by atoms with Gasteiger partial charge in [0.2, 0.25) is 0 Å². The molecule has 2 aromatic rings. The number of carbonyl (C=O) groups is 2. The lowest BCUT2D eigenvalue weighted by molar-refractivity contribution is 0.0383. The normalized spacial score (nSPS) is 17.0. The van der Waals surface area contributed by atoms with E-state index in [9.17, 15) is 9.59 Å². The molecule has 0 atom stereocenters. The van der Waals surface area contributed by atoms with E-state index in [0.29, 0.717) is 39.4 Å². The highest BCUT2D eigenvalue weighted by atomic mass is 35.5. The van der Waals surface area contributed by atoms with E-state index in [1.54, 1.807) is 24.3 Å². The van der Waals surface area contributed by atoms with E-state index in [0.717, 1.165) is 64.5 Å². The van der Waals surface area contributed by atoms with Crippen molar-refractivity contribution in [3.05, 3.63) is 52.0 Å². The quantitative estimate of drug-likeness (QED) is 0.469. The molecule has 2 aliphatic heterocycles. The fourth-order valence-corrected chi connectivity index (χ4v) is 4.90. The number of nitrogens with one attached hydrogen (secondary N) is 3. The fraction of sp³-hybridized carbons (Fsp3) is 0.462. The van der Waals surface area contributed by atoms with Crippen LogP contribution in [0.25, 0.3) is 0 Å². The van der Waals surface area contributed by atoms with E-state index >= 15 is 0 Å². The van der Waals surface area contributed by atoms with Gasteiger partial charge in [-0.15, -0.1) is 0 Å². The Morgan fingerprint density at radius 2 is 1.75 bits per heavy atom. The minimum Gasteiger partial charge on any atom is -0.379 e. The number of benzene rings is 2. The first-order valence-corrected chi connectivity index (χ1v) is 13.1. The third-order valence-electron chi connectivity index (χ3n) is 6.62. The minimum atomic E-state index is -0.461. The van der Waals surface area contributed by atoms with Crippen LogP contribution < -0.4 is 20.9 Å². The average molecular weight is 534 g/mol. The lowest BCUT2D eigenvalue weighted by Crippen LogP contribution is -2.41. The van der Waals surface area contributed by atoms with Gasteiger partial charge in [-0.2, -0.15) is 0 Å². The summed E-state index contributed by atoms with van der Waals surface area (Å²) in [7, 11) is 0. The zero-order chi connectivity index (χ0) is 25.5. The lowest BCUT2D eigenvalue weighted by Gasteiger charge is -2.33. The molecule has 2 heterocycles. The Hall–Kier alpha value is -2.52. The predicted molar refractivity (Wildman–Crippen MR) is 146 cm³/mol. The zero-order valence-electron chi connectivity index (χ0n) is 20.5. The summed E-state index contributed by atoms with van der Waals surface area (Å²) in [4.78, 5) is 30.4. The molecule has 3 amide bonds. The van der Waals surface area contributed by atoms with Crippen molar-refractivity contribution in [3.63, 3.8) is 0 Å². The molecule has 4 rings (SSSR count). The van der Waals surface area contributed by atoms with E-state index in [4.69, 9.17) is 27.9 Å². The van der Waals surface area contributed by atoms with Crippen LogP contribution in [-0.2, 0) is 4.74 Å². The Kier molecular flexibility index (Phi) is 9.31. The highest BCUT2D eigenvalue weighted by Gasteiger charge is 2.22. The van der Waals surface area contributed by atoms with Crippen LogP contribution >= 0.6 is 23.2 Å². The van der Waals surface area contributed by atoms with Crippen molar-refractivity contribution in [1.29, 1.82) is 0 Å². The number of ether oxygens (including phenoxy) is 1. The molecule has 10 heteroatoms. The highest BCUT2D eigenvalue weighted by molar-refractivity contribution is 6.36. The summed E-state index contributed by atoms with van der Waals surface area (Å²) >= 11 is 12.1. The number of hydrogen-bond acceptors (Lipinski definition) is 5. The number of rotatable bonds is 7. The summed E-state index contributed by atoms with van der Waals surface area (Å²) < 4.78 is 5.39. The van der Waals surface area contributed by atoms with E-state index in [1.807, 2.05) is 12.1 Å². The average Bonchev–Trinajstić information content (AvgIpc) is 2.87. The van der Waals surface area contributed by atoms with Gasteiger partial charge >= 0.3 is 6.03 Å². The van der Waals surface area contributed by atoms with Crippen molar-refractivity contribution >= 4 is 52.2 Å². The smallest absolute Gasteiger partial charge is 0.323 e. The molecule has 2 saturated heterocycles. The number of carbonyl (C=O) groups excluding carboxylic acids is 2. The van der Waals surface area contributed by atoms with Crippen molar-refractivity contribution in [1.82, 2.24) is 10.2 Å². The summed E-state index contributed by atoms with van der Waals surface area (Å²) in [5, 5.41) is 9.42. The number of piperidine rings is 1. The maximum absolute atomic E-state index is 13.3. The third kappa shape index (κ3) is 7.26. The highest BCUT2D eigenvalue weighted by Crippen LogP contribution is 2.29. The van der Waals surface area contributed by atoms with Gasteiger partial charge in [0.15, 0.2) is 0 Å². The SMILES string of the molecule is CC1CCN(c2ccc(NC(=O)Nc3ccc(Cl)cc3Cl)cc2C(=O)NCCN2CCOCC2)CC1. The molecule has 0 aliphatic carbocycles. The van der Waals surface area contributed by atoms with E-state index in [2.05, 4.69) is 32.7 Å². The van der Waals surface area contributed by atoms with Gasteiger partial charge in [-0.25, -0.2) is 4.79 Å². The van der Waals surface area contributed by atoms with Crippen LogP contribution in [0.15, 0.2) is 36.4 Å². The first-order valence-electron chi connectivity index (χ1n) is 12.4. The van der Waals surface area contributed by atoms with Crippen LogP contribution in [0.4, 0.5) is 21.9 Å². The number of urea groups is 1. The van der Waals surface area contributed by atoms with Gasteiger partial charge in [0.25, 0.3) is 5.91 Å². The Bertz CT molecular complexity index is 1070. The molecule has 0 spiro atoms. The van der Waals surface area contributed by atoms with Crippen LogP contribution in [0.3, 0.4) is 0 Å².